The lowest BCUT2D eigenvalue weighted by Crippen LogP contribution is -2.43. The first-order valence-corrected chi connectivity index (χ1v) is 10.3. The minimum atomic E-state index is -0.844. The van der Waals surface area contributed by atoms with Gasteiger partial charge in [-0.1, -0.05) is 11.6 Å². The fourth-order valence-electron chi connectivity index (χ4n) is 3.30. The average molecular weight is 450 g/mol. The number of anilines is 1. The van der Waals surface area contributed by atoms with Crippen LogP contribution in [-0.4, -0.2) is 58.5 Å². The monoisotopic (exact) mass is 449 g/mol. The van der Waals surface area contributed by atoms with Crippen LogP contribution in [0.5, 0.6) is 5.75 Å². The van der Waals surface area contributed by atoms with Crippen LogP contribution in [0.25, 0.3) is 0 Å². The Kier molecular flexibility index (Phi) is 7.59. The van der Waals surface area contributed by atoms with Gasteiger partial charge < -0.3 is 14.8 Å². The van der Waals surface area contributed by atoms with Crippen LogP contribution >= 0.6 is 11.6 Å². The van der Waals surface area contributed by atoms with Gasteiger partial charge in [0.15, 0.2) is 11.0 Å². The van der Waals surface area contributed by atoms with E-state index >= 15 is 0 Å². The summed E-state index contributed by atoms with van der Waals surface area (Å²) in [7, 11) is 0. The molecule has 0 unspecified atom stereocenters. The number of carbonyl (C=O) groups is 1. The number of nitro groups is 1. The summed E-state index contributed by atoms with van der Waals surface area (Å²) in [5, 5.41) is 22.6. The second kappa shape index (κ2) is 10.4. The van der Waals surface area contributed by atoms with E-state index in [4.69, 9.17) is 21.1 Å². The second-order valence-electron chi connectivity index (χ2n) is 7.33. The first-order chi connectivity index (χ1) is 14.8. The highest BCUT2D eigenvalue weighted by atomic mass is 35.5. The first-order valence-electron chi connectivity index (χ1n) is 9.91. The predicted octanol–water partition coefficient (Wildman–Crippen LogP) is 3.75. The molecule has 11 heteroatoms. The molecule has 2 aromatic rings. The highest BCUT2D eigenvalue weighted by Crippen LogP contribution is 2.23. The first kappa shape index (κ1) is 22.7. The third-order valence-corrected chi connectivity index (χ3v) is 5.55. The Bertz CT molecular complexity index is 940. The van der Waals surface area contributed by atoms with E-state index in [2.05, 4.69) is 20.4 Å². The molecule has 10 nitrogen and oxygen atoms in total. The molecule has 2 heterocycles. The van der Waals surface area contributed by atoms with E-state index in [-0.39, 0.29) is 24.1 Å². The number of hydrogen-bond donors (Lipinski definition) is 1. The van der Waals surface area contributed by atoms with E-state index in [1.54, 1.807) is 0 Å². The molecular formula is C20H24ClN5O5. The van der Waals surface area contributed by atoms with Gasteiger partial charge in [-0.3, -0.25) is 15.0 Å². The van der Waals surface area contributed by atoms with Gasteiger partial charge in [0.05, 0.1) is 4.92 Å². The highest BCUT2D eigenvalue weighted by molar-refractivity contribution is 6.30. The van der Waals surface area contributed by atoms with Crippen LogP contribution in [0, 0.1) is 24.0 Å². The lowest BCUT2D eigenvalue weighted by molar-refractivity contribution is -0.384. The molecule has 1 N–H and O–H groups in total. The molecule has 166 valence electrons. The molecule has 0 aliphatic carbocycles. The molecule has 3 rings (SSSR count). The highest BCUT2D eigenvalue weighted by Gasteiger charge is 2.21. The van der Waals surface area contributed by atoms with Gasteiger partial charge in [-0.25, -0.2) is 4.79 Å². The number of piperidine rings is 1. The van der Waals surface area contributed by atoms with Crippen molar-refractivity contribution in [2.75, 3.05) is 31.6 Å². The zero-order valence-corrected chi connectivity index (χ0v) is 18.1. The maximum atomic E-state index is 11.8. The number of non-ortho nitro benzene ring substituents is 1. The van der Waals surface area contributed by atoms with Crippen LogP contribution in [-0.2, 0) is 4.74 Å². The fourth-order valence-corrected chi connectivity index (χ4v) is 3.48. The van der Waals surface area contributed by atoms with Gasteiger partial charge >= 0.3 is 6.16 Å². The van der Waals surface area contributed by atoms with Gasteiger partial charge in [0.25, 0.3) is 5.69 Å². The van der Waals surface area contributed by atoms with Gasteiger partial charge in [0.1, 0.15) is 12.4 Å². The summed E-state index contributed by atoms with van der Waals surface area (Å²) < 4.78 is 10.2. The molecule has 1 atom stereocenters. The summed E-state index contributed by atoms with van der Waals surface area (Å²) in [6.07, 6.45) is 1.16. The van der Waals surface area contributed by atoms with Gasteiger partial charge in [-0.15, -0.1) is 10.2 Å². The lowest BCUT2D eigenvalue weighted by atomic mass is 10.1. The molecule has 1 aliphatic rings. The van der Waals surface area contributed by atoms with E-state index in [0.717, 1.165) is 42.9 Å². The summed E-state index contributed by atoms with van der Waals surface area (Å²) in [6, 6.07) is 5.43. The van der Waals surface area contributed by atoms with Crippen molar-refractivity contribution in [2.24, 2.45) is 0 Å². The molecule has 0 radical (unpaired) electrons. The standard InChI is InChI=1S/C20H24ClN5O5/c1-13-14(2)19(24-23-18(13)21)22-15-4-3-9-25(12-15)10-11-30-20(27)31-17-7-5-16(6-8-17)26(28)29/h5-8,15H,3-4,9-12H2,1-2H3,(H,22,24)/t15-/m1/s1. The van der Waals surface area contributed by atoms with Crippen molar-refractivity contribution in [3.8, 4) is 5.75 Å². The Morgan fingerprint density at radius 3 is 2.74 bits per heavy atom. The number of ether oxygens (including phenoxy) is 2. The number of benzene rings is 1. The van der Waals surface area contributed by atoms with Crippen molar-refractivity contribution in [3.63, 3.8) is 0 Å². The maximum absolute atomic E-state index is 11.8. The van der Waals surface area contributed by atoms with Crippen LogP contribution < -0.4 is 10.1 Å². The summed E-state index contributed by atoms with van der Waals surface area (Å²) >= 11 is 6.02. The van der Waals surface area contributed by atoms with Crippen LogP contribution in [0.15, 0.2) is 24.3 Å². The number of halogens is 1. The largest absolute Gasteiger partial charge is 0.513 e. The van der Waals surface area contributed by atoms with Crippen LogP contribution in [0.3, 0.4) is 0 Å². The number of carbonyl (C=O) groups excluding carboxylic acids is 1. The maximum Gasteiger partial charge on any atom is 0.513 e. The van der Waals surface area contributed by atoms with E-state index in [1.165, 1.54) is 24.3 Å². The number of nitrogens with zero attached hydrogens (tertiary/aromatic N) is 4. The summed E-state index contributed by atoms with van der Waals surface area (Å²) in [6.45, 7) is 6.31. The van der Waals surface area contributed by atoms with E-state index in [9.17, 15) is 14.9 Å². The number of rotatable bonds is 7. The zero-order valence-electron chi connectivity index (χ0n) is 17.3. The Balaban J connectivity index is 1.43. The molecule has 0 spiro atoms. The van der Waals surface area contributed by atoms with Gasteiger partial charge in [-0.2, -0.15) is 0 Å². The molecule has 31 heavy (non-hydrogen) atoms. The number of hydrogen-bond acceptors (Lipinski definition) is 9. The second-order valence-corrected chi connectivity index (χ2v) is 7.68. The third kappa shape index (κ3) is 6.25. The number of nitrogens with one attached hydrogen (secondary N) is 1. The third-order valence-electron chi connectivity index (χ3n) is 5.19. The van der Waals surface area contributed by atoms with Gasteiger partial charge in [-0.05, 0) is 56.5 Å². The van der Waals surface area contributed by atoms with Crippen LogP contribution in [0.4, 0.5) is 16.3 Å². The molecule has 0 saturated carbocycles. The van der Waals surface area contributed by atoms with Crippen molar-refractivity contribution in [1.82, 2.24) is 15.1 Å². The van der Waals surface area contributed by atoms with Crippen LogP contribution in [0.2, 0.25) is 5.15 Å². The molecule has 1 fully saturated rings. The Labute approximate surface area is 184 Å². The molecule has 1 aromatic heterocycles. The SMILES string of the molecule is Cc1c(Cl)nnc(N[C@@H]2CCCN(CCOC(=O)Oc3ccc([N+](=O)[O-])cc3)C2)c1C. The molecule has 1 aliphatic heterocycles. The molecular weight excluding hydrogens is 426 g/mol. The van der Waals surface area contributed by atoms with E-state index < -0.39 is 11.1 Å². The lowest BCUT2D eigenvalue weighted by Gasteiger charge is -2.33. The van der Waals surface area contributed by atoms with Crippen molar-refractivity contribution >= 4 is 29.3 Å². The molecule has 1 aromatic carbocycles. The van der Waals surface area contributed by atoms with Crippen molar-refractivity contribution in [2.45, 2.75) is 32.7 Å². The number of nitro benzene ring substituents is 1. The minimum Gasteiger partial charge on any atom is -0.433 e. The van der Waals surface area contributed by atoms with Gasteiger partial charge in [0, 0.05) is 31.3 Å². The number of likely N-dealkylation sites (tertiary alicyclic amines) is 1. The summed E-state index contributed by atoms with van der Waals surface area (Å²) in [5.41, 5.74) is 1.81. The van der Waals surface area contributed by atoms with Crippen molar-refractivity contribution in [3.05, 3.63) is 50.7 Å². The average Bonchev–Trinajstić information content (AvgIpc) is 2.75. The van der Waals surface area contributed by atoms with Crippen LogP contribution in [0.1, 0.15) is 24.0 Å². The normalized spacial score (nSPS) is 16.5. The smallest absolute Gasteiger partial charge is 0.433 e. The van der Waals surface area contributed by atoms with E-state index in [1.807, 2.05) is 13.8 Å². The Morgan fingerprint density at radius 2 is 2.03 bits per heavy atom. The zero-order chi connectivity index (χ0) is 22.4. The summed E-state index contributed by atoms with van der Waals surface area (Å²) in [4.78, 5) is 24.2. The Morgan fingerprint density at radius 1 is 1.29 bits per heavy atom. The van der Waals surface area contributed by atoms with Crippen molar-refractivity contribution < 1.29 is 19.2 Å². The molecule has 0 amide bonds. The van der Waals surface area contributed by atoms with Gasteiger partial charge in [0.2, 0.25) is 0 Å². The minimum absolute atomic E-state index is 0.0797. The number of aromatic nitrogens is 2. The predicted molar refractivity (Wildman–Crippen MR) is 115 cm³/mol. The quantitative estimate of drug-likeness (QED) is 0.291. The molecule has 1 saturated heterocycles. The molecule has 0 bridgehead atoms. The summed E-state index contributed by atoms with van der Waals surface area (Å²) in [5.74, 6) is 0.921. The fraction of sp³-hybridized carbons (Fsp3) is 0.450. The van der Waals surface area contributed by atoms with E-state index in [0.29, 0.717) is 11.7 Å². The Hall–Kier alpha value is -2.98. The topological polar surface area (TPSA) is 120 Å². The van der Waals surface area contributed by atoms with Crippen molar-refractivity contribution in [1.29, 1.82) is 0 Å².